The Bertz CT molecular complexity index is 673. The Kier molecular flexibility index (Phi) is 6.01. The lowest BCUT2D eigenvalue weighted by molar-refractivity contribution is -0.138. The van der Waals surface area contributed by atoms with Gasteiger partial charge in [-0.1, -0.05) is 22.0 Å². The normalized spacial score (nSPS) is 11.8. The summed E-state index contributed by atoms with van der Waals surface area (Å²) < 4.78 is 12.1. The molecule has 0 aromatic heterocycles. The number of carboxylic acid groups (broad SMARTS) is 1. The van der Waals surface area contributed by atoms with Gasteiger partial charge < -0.3 is 20.3 Å². The number of rotatable bonds is 7. The predicted octanol–water partition coefficient (Wildman–Crippen LogP) is 2.99. The summed E-state index contributed by atoms with van der Waals surface area (Å²) in [5.74, 6) is 0.408. The van der Waals surface area contributed by atoms with E-state index < -0.39 is 12.0 Å². The average molecular weight is 380 g/mol. The highest BCUT2D eigenvalue weighted by Crippen LogP contribution is 2.23. The number of benzene rings is 2. The maximum absolute atomic E-state index is 10.9. The largest absolute Gasteiger partial charge is 0.496 e. The minimum absolute atomic E-state index is 0.255. The van der Waals surface area contributed by atoms with Gasteiger partial charge in [-0.05, 0) is 48.4 Å². The number of carboxylic acids is 1. The number of methoxy groups -OCH3 is 1. The summed E-state index contributed by atoms with van der Waals surface area (Å²) in [5, 5.41) is 8.91. The van der Waals surface area contributed by atoms with Crippen LogP contribution in [0, 0.1) is 0 Å². The summed E-state index contributed by atoms with van der Waals surface area (Å²) in [6.45, 7) is 0.320. The van der Waals surface area contributed by atoms with E-state index in [0.29, 0.717) is 12.4 Å². The minimum atomic E-state index is -1.02. The van der Waals surface area contributed by atoms with Crippen LogP contribution in [0.2, 0.25) is 0 Å². The zero-order valence-corrected chi connectivity index (χ0v) is 14.2. The van der Waals surface area contributed by atoms with Crippen molar-refractivity contribution in [2.45, 2.75) is 19.1 Å². The quantitative estimate of drug-likeness (QED) is 0.772. The molecule has 0 aliphatic rings. The van der Waals surface area contributed by atoms with Gasteiger partial charge in [-0.15, -0.1) is 0 Å². The van der Waals surface area contributed by atoms with Crippen molar-refractivity contribution in [2.75, 3.05) is 7.11 Å². The van der Waals surface area contributed by atoms with Crippen LogP contribution in [0.1, 0.15) is 11.1 Å². The first-order valence-corrected chi connectivity index (χ1v) is 7.81. The second kappa shape index (κ2) is 7.99. The van der Waals surface area contributed by atoms with Crippen molar-refractivity contribution in [3.63, 3.8) is 0 Å². The van der Waals surface area contributed by atoms with Crippen LogP contribution in [-0.2, 0) is 17.8 Å². The molecule has 0 aliphatic carbocycles. The highest BCUT2D eigenvalue weighted by molar-refractivity contribution is 9.10. The van der Waals surface area contributed by atoms with Crippen molar-refractivity contribution >= 4 is 21.9 Å². The molecule has 1 unspecified atom stereocenters. The van der Waals surface area contributed by atoms with Gasteiger partial charge in [0, 0.05) is 10.0 Å². The number of aliphatic carboxylic acids is 1. The zero-order valence-electron chi connectivity index (χ0n) is 12.7. The third-order valence-electron chi connectivity index (χ3n) is 3.33. The number of carbonyl (C=O) groups is 1. The van der Waals surface area contributed by atoms with E-state index in [4.69, 9.17) is 20.3 Å². The highest BCUT2D eigenvalue weighted by atomic mass is 79.9. The molecule has 5 nitrogen and oxygen atoms in total. The Morgan fingerprint density at radius 1 is 1.26 bits per heavy atom. The number of nitrogens with two attached hydrogens (primary N) is 1. The fourth-order valence-corrected chi connectivity index (χ4v) is 2.37. The van der Waals surface area contributed by atoms with E-state index in [0.717, 1.165) is 21.3 Å². The first kappa shape index (κ1) is 17.3. The molecule has 0 heterocycles. The van der Waals surface area contributed by atoms with Gasteiger partial charge in [0.1, 0.15) is 24.1 Å². The SMILES string of the molecule is COc1ccc(CC(N)C(=O)O)cc1COc1ccc(Br)cc1. The fraction of sp³-hybridized carbons (Fsp3) is 0.235. The number of hydrogen-bond donors (Lipinski definition) is 2. The van der Waals surface area contributed by atoms with Crippen LogP contribution in [0.15, 0.2) is 46.9 Å². The lowest BCUT2D eigenvalue weighted by Crippen LogP contribution is -2.32. The van der Waals surface area contributed by atoms with E-state index in [1.807, 2.05) is 36.4 Å². The molecular weight excluding hydrogens is 362 g/mol. The molecule has 1 atom stereocenters. The molecule has 2 aromatic carbocycles. The third-order valence-corrected chi connectivity index (χ3v) is 3.85. The minimum Gasteiger partial charge on any atom is -0.496 e. The molecule has 0 saturated heterocycles. The second-order valence-corrected chi connectivity index (χ2v) is 5.95. The Morgan fingerprint density at radius 2 is 1.96 bits per heavy atom. The molecule has 0 spiro atoms. The number of hydrogen-bond acceptors (Lipinski definition) is 4. The molecule has 0 aliphatic heterocycles. The predicted molar refractivity (Wildman–Crippen MR) is 90.8 cm³/mol. The molecule has 0 bridgehead atoms. The van der Waals surface area contributed by atoms with Crippen LogP contribution >= 0.6 is 15.9 Å². The van der Waals surface area contributed by atoms with Gasteiger partial charge in [-0.25, -0.2) is 0 Å². The number of halogens is 1. The molecule has 3 N–H and O–H groups in total. The topological polar surface area (TPSA) is 81.8 Å². The van der Waals surface area contributed by atoms with Crippen LogP contribution in [0.3, 0.4) is 0 Å². The first-order valence-electron chi connectivity index (χ1n) is 7.02. The Labute approximate surface area is 143 Å². The van der Waals surface area contributed by atoms with Crippen molar-refractivity contribution in [3.05, 3.63) is 58.1 Å². The van der Waals surface area contributed by atoms with Gasteiger partial charge >= 0.3 is 5.97 Å². The van der Waals surface area contributed by atoms with E-state index in [2.05, 4.69) is 15.9 Å². The maximum atomic E-state index is 10.9. The van der Waals surface area contributed by atoms with Crippen LogP contribution < -0.4 is 15.2 Å². The monoisotopic (exact) mass is 379 g/mol. The molecule has 6 heteroatoms. The maximum Gasteiger partial charge on any atom is 0.320 e. The van der Waals surface area contributed by atoms with E-state index in [1.165, 1.54) is 0 Å². The lowest BCUT2D eigenvalue weighted by atomic mass is 10.0. The molecule has 0 amide bonds. The summed E-state index contributed by atoms with van der Waals surface area (Å²) in [4.78, 5) is 10.9. The summed E-state index contributed by atoms with van der Waals surface area (Å²) >= 11 is 3.37. The van der Waals surface area contributed by atoms with Crippen molar-refractivity contribution in [1.29, 1.82) is 0 Å². The van der Waals surface area contributed by atoms with Gasteiger partial charge in [0.05, 0.1) is 7.11 Å². The van der Waals surface area contributed by atoms with E-state index in [-0.39, 0.29) is 6.42 Å². The van der Waals surface area contributed by atoms with Gasteiger partial charge in [-0.2, -0.15) is 0 Å². The molecule has 2 aromatic rings. The van der Waals surface area contributed by atoms with Gasteiger partial charge in [0.15, 0.2) is 0 Å². The van der Waals surface area contributed by atoms with Crippen molar-refractivity contribution in [2.24, 2.45) is 5.73 Å². The van der Waals surface area contributed by atoms with Gasteiger partial charge in [-0.3, -0.25) is 4.79 Å². The van der Waals surface area contributed by atoms with Crippen LogP contribution in [0.25, 0.3) is 0 Å². The second-order valence-electron chi connectivity index (χ2n) is 5.04. The highest BCUT2D eigenvalue weighted by Gasteiger charge is 2.14. The van der Waals surface area contributed by atoms with E-state index in [1.54, 1.807) is 13.2 Å². The third kappa shape index (κ3) is 4.97. The fourth-order valence-electron chi connectivity index (χ4n) is 2.10. The van der Waals surface area contributed by atoms with Crippen LogP contribution in [0.5, 0.6) is 11.5 Å². The van der Waals surface area contributed by atoms with E-state index >= 15 is 0 Å². The van der Waals surface area contributed by atoms with E-state index in [9.17, 15) is 4.79 Å². The van der Waals surface area contributed by atoms with Crippen molar-refractivity contribution in [3.8, 4) is 11.5 Å². The summed E-state index contributed by atoms with van der Waals surface area (Å²) in [6, 6.07) is 12.1. The van der Waals surface area contributed by atoms with Crippen LogP contribution in [-0.4, -0.2) is 24.2 Å². The first-order chi connectivity index (χ1) is 11.0. The molecule has 0 fully saturated rings. The lowest BCUT2D eigenvalue weighted by Gasteiger charge is -2.13. The van der Waals surface area contributed by atoms with Crippen LogP contribution in [0.4, 0.5) is 0 Å². The van der Waals surface area contributed by atoms with Crippen molar-refractivity contribution in [1.82, 2.24) is 0 Å². The van der Waals surface area contributed by atoms with Gasteiger partial charge in [0.2, 0.25) is 0 Å². The molecule has 122 valence electrons. The smallest absolute Gasteiger partial charge is 0.320 e. The number of ether oxygens (including phenoxy) is 2. The molecule has 0 saturated carbocycles. The summed E-state index contributed by atoms with van der Waals surface area (Å²) in [7, 11) is 1.58. The summed E-state index contributed by atoms with van der Waals surface area (Å²) in [5.41, 5.74) is 7.25. The Hall–Kier alpha value is -2.05. The molecular formula is C17H18BrNO4. The average Bonchev–Trinajstić information content (AvgIpc) is 2.54. The Balaban J connectivity index is 2.12. The summed E-state index contributed by atoms with van der Waals surface area (Å²) in [6.07, 6.45) is 0.255. The van der Waals surface area contributed by atoms with Gasteiger partial charge in [0.25, 0.3) is 0 Å². The van der Waals surface area contributed by atoms with Crippen molar-refractivity contribution < 1.29 is 19.4 Å². The Morgan fingerprint density at radius 3 is 2.57 bits per heavy atom. The standard InChI is InChI=1S/C17H18BrNO4/c1-22-16-7-2-11(9-15(19)17(20)21)8-12(16)10-23-14-5-3-13(18)4-6-14/h2-8,15H,9-10,19H2,1H3,(H,20,21). The molecule has 0 radical (unpaired) electrons. The zero-order chi connectivity index (χ0) is 16.8. The molecule has 23 heavy (non-hydrogen) atoms. The molecule has 2 rings (SSSR count).